The second kappa shape index (κ2) is 9.26. The van der Waals surface area contributed by atoms with Gasteiger partial charge in [0, 0.05) is 12.4 Å². The number of thioether (sulfide) groups is 1. The van der Waals surface area contributed by atoms with E-state index in [-0.39, 0.29) is 17.3 Å². The van der Waals surface area contributed by atoms with E-state index in [0.717, 1.165) is 0 Å². The summed E-state index contributed by atoms with van der Waals surface area (Å²) < 4.78 is 37.3. The van der Waals surface area contributed by atoms with Crippen LogP contribution in [0.5, 0.6) is 5.75 Å². The molecule has 0 fully saturated rings. The van der Waals surface area contributed by atoms with Gasteiger partial charge in [-0.25, -0.2) is 8.42 Å². The number of hydrogen-bond acceptors (Lipinski definition) is 7. The highest BCUT2D eigenvalue weighted by Crippen LogP contribution is 2.21. The van der Waals surface area contributed by atoms with Gasteiger partial charge in [-0.1, -0.05) is 0 Å². The summed E-state index contributed by atoms with van der Waals surface area (Å²) in [5.74, 6) is 0.655. The molecule has 0 bridgehead atoms. The molecule has 136 valence electrons. The Labute approximate surface area is 146 Å². The quantitative estimate of drug-likeness (QED) is 0.464. The van der Waals surface area contributed by atoms with E-state index in [0.29, 0.717) is 17.9 Å². The molecule has 0 radical (unpaired) electrons. The van der Waals surface area contributed by atoms with Crippen molar-refractivity contribution in [3.63, 3.8) is 0 Å². The predicted molar refractivity (Wildman–Crippen MR) is 92.8 cm³/mol. The standard InChI is InChI=1S/C15H23NO6S2/c1-15(14(18)22-3,11-23-10-4-9-17)16-24(19,20)13-7-5-12(21-2)6-8-13/h5-8,16-17H,4,9-11H2,1-3H3. The fraction of sp³-hybridized carbons (Fsp3) is 0.533. The fourth-order valence-electron chi connectivity index (χ4n) is 1.91. The largest absolute Gasteiger partial charge is 0.497 e. The molecule has 0 aliphatic rings. The Hall–Kier alpha value is -1.29. The normalized spacial score (nSPS) is 14.0. The molecule has 1 rings (SSSR count). The maximum absolute atomic E-state index is 12.5. The zero-order valence-electron chi connectivity index (χ0n) is 13.9. The van der Waals surface area contributed by atoms with E-state index in [1.165, 1.54) is 57.2 Å². The summed E-state index contributed by atoms with van der Waals surface area (Å²) in [4.78, 5) is 12.1. The second-order valence-corrected chi connectivity index (χ2v) is 8.02. The van der Waals surface area contributed by atoms with Gasteiger partial charge < -0.3 is 14.6 Å². The monoisotopic (exact) mass is 377 g/mol. The van der Waals surface area contributed by atoms with E-state index in [4.69, 9.17) is 14.6 Å². The molecule has 0 saturated carbocycles. The number of aliphatic hydroxyl groups excluding tert-OH is 1. The number of methoxy groups -OCH3 is 2. The SMILES string of the molecule is COC(=O)C(C)(CSCCCO)NS(=O)(=O)c1ccc(OC)cc1. The third-order valence-corrected chi connectivity index (χ3v) is 6.17. The molecule has 9 heteroatoms. The first-order chi connectivity index (χ1) is 11.3. The van der Waals surface area contributed by atoms with Crippen molar-refractivity contribution >= 4 is 27.8 Å². The highest BCUT2D eigenvalue weighted by Gasteiger charge is 2.38. The lowest BCUT2D eigenvalue weighted by Gasteiger charge is -2.27. The molecule has 2 N–H and O–H groups in total. The van der Waals surface area contributed by atoms with Crippen molar-refractivity contribution in [3.05, 3.63) is 24.3 Å². The molecule has 1 aromatic carbocycles. The molecule has 1 aromatic rings. The van der Waals surface area contributed by atoms with Gasteiger partial charge in [-0.05, 0) is 43.4 Å². The Bertz CT molecular complexity index is 632. The van der Waals surface area contributed by atoms with Gasteiger partial charge in [0.2, 0.25) is 10.0 Å². The lowest BCUT2D eigenvalue weighted by atomic mass is 10.1. The summed E-state index contributed by atoms with van der Waals surface area (Å²) in [7, 11) is -1.22. The van der Waals surface area contributed by atoms with Crippen LogP contribution in [0.1, 0.15) is 13.3 Å². The Morgan fingerprint density at radius 3 is 2.42 bits per heavy atom. The van der Waals surface area contributed by atoms with Gasteiger partial charge in [0.25, 0.3) is 0 Å². The zero-order chi connectivity index (χ0) is 18.2. The molecule has 0 heterocycles. The van der Waals surface area contributed by atoms with Crippen molar-refractivity contribution < 1.29 is 27.8 Å². The van der Waals surface area contributed by atoms with Crippen LogP contribution in [0.25, 0.3) is 0 Å². The number of benzene rings is 1. The van der Waals surface area contributed by atoms with Crippen molar-refractivity contribution in [2.24, 2.45) is 0 Å². The lowest BCUT2D eigenvalue weighted by Crippen LogP contribution is -2.54. The van der Waals surface area contributed by atoms with E-state index < -0.39 is 21.5 Å². The molecule has 24 heavy (non-hydrogen) atoms. The maximum atomic E-state index is 12.5. The molecule has 0 spiro atoms. The Kier molecular flexibility index (Phi) is 8.01. The molecule has 1 unspecified atom stereocenters. The third kappa shape index (κ3) is 5.66. The van der Waals surface area contributed by atoms with Gasteiger partial charge >= 0.3 is 5.97 Å². The van der Waals surface area contributed by atoms with E-state index in [2.05, 4.69) is 4.72 Å². The van der Waals surface area contributed by atoms with Gasteiger partial charge in [-0.2, -0.15) is 16.5 Å². The Balaban J connectivity index is 2.95. The minimum absolute atomic E-state index is 0.0267. The molecule has 1 atom stereocenters. The van der Waals surface area contributed by atoms with Gasteiger partial charge in [0.15, 0.2) is 0 Å². The lowest BCUT2D eigenvalue weighted by molar-refractivity contribution is -0.146. The number of sulfonamides is 1. The van der Waals surface area contributed by atoms with Gasteiger partial charge in [-0.15, -0.1) is 0 Å². The molecule has 0 saturated heterocycles. The number of esters is 1. The number of ether oxygens (including phenoxy) is 2. The van der Waals surface area contributed by atoms with E-state index in [1.807, 2.05) is 0 Å². The number of carbonyl (C=O) groups is 1. The van der Waals surface area contributed by atoms with Crippen LogP contribution in [0, 0.1) is 0 Å². The molecule has 7 nitrogen and oxygen atoms in total. The minimum atomic E-state index is -3.91. The summed E-state index contributed by atoms with van der Waals surface area (Å²) in [6.45, 7) is 1.52. The number of nitrogens with one attached hydrogen (secondary N) is 1. The van der Waals surface area contributed by atoms with E-state index >= 15 is 0 Å². The van der Waals surface area contributed by atoms with Crippen LogP contribution >= 0.6 is 11.8 Å². The molecular formula is C15H23NO6S2. The van der Waals surface area contributed by atoms with Crippen molar-refractivity contribution in [1.82, 2.24) is 4.72 Å². The highest BCUT2D eigenvalue weighted by molar-refractivity contribution is 7.99. The summed E-state index contributed by atoms with van der Waals surface area (Å²) in [5.41, 5.74) is -1.41. The highest BCUT2D eigenvalue weighted by atomic mass is 32.2. The number of carbonyl (C=O) groups excluding carboxylic acids is 1. The van der Waals surface area contributed by atoms with E-state index in [9.17, 15) is 13.2 Å². The van der Waals surface area contributed by atoms with Crippen molar-refractivity contribution in [2.45, 2.75) is 23.8 Å². The van der Waals surface area contributed by atoms with Gasteiger partial charge in [0.05, 0.1) is 19.1 Å². The zero-order valence-corrected chi connectivity index (χ0v) is 15.6. The molecular weight excluding hydrogens is 354 g/mol. The van der Waals surface area contributed by atoms with Crippen molar-refractivity contribution in [2.75, 3.05) is 32.3 Å². The van der Waals surface area contributed by atoms with Crippen LogP contribution in [0.3, 0.4) is 0 Å². The summed E-state index contributed by atoms with van der Waals surface area (Å²) in [6.07, 6.45) is 0.563. The Morgan fingerprint density at radius 1 is 1.29 bits per heavy atom. The first-order valence-corrected chi connectivity index (χ1v) is 9.88. The molecule has 0 aliphatic carbocycles. The van der Waals surface area contributed by atoms with Gasteiger partial charge in [-0.3, -0.25) is 4.79 Å². The van der Waals surface area contributed by atoms with E-state index in [1.54, 1.807) is 0 Å². The smallest absolute Gasteiger partial charge is 0.327 e. The predicted octanol–water partition coefficient (Wildman–Crippen LogP) is 1.02. The van der Waals surface area contributed by atoms with Crippen LogP contribution in [0.2, 0.25) is 0 Å². The summed E-state index contributed by atoms with van der Waals surface area (Å²) in [6, 6.07) is 5.86. The molecule has 0 aromatic heterocycles. The number of aliphatic hydroxyl groups is 1. The van der Waals surface area contributed by atoms with Crippen LogP contribution in [-0.4, -0.2) is 57.4 Å². The number of hydrogen-bond donors (Lipinski definition) is 2. The van der Waals surface area contributed by atoms with Crippen molar-refractivity contribution in [3.8, 4) is 5.75 Å². The average Bonchev–Trinajstić information content (AvgIpc) is 2.57. The van der Waals surface area contributed by atoms with Crippen LogP contribution in [0.4, 0.5) is 0 Å². The van der Waals surface area contributed by atoms with Gasteiger partial charge in [0.1, 0.15) is 11.3 Å². The minimum Gasteiger partial charge on any atom is -0.497 e. The Morgan fingerprint density at radius 2 is 1.92 bits per heavy atom. The maximum Gasteiger partial charge on any atom is 0.327 e. The van der Waals surface area contributed by atoms with Crippen molar-refractivity contribution in [1.29, 1.82) is 0 Å². The van der Waals surface area contributed by atoms with Crippen LogP contribution in [0.15, 0.2) is 29.2 Å². The number of rotatable bonds is 10. The summed E-state index contributed by atoms with van der Waals surface area (Å²) >= 11 is 1.36. The molecule has 0 aliphatic heterocycles. The second-order valence-electron chi connectivity index (χ2n) is 5.23. The summed E-state index contributed by atoms with van der Waals surface area (Å²) in [5, 5.41) is 8.80. The molecule has 0 amide bonds. The first-order valence-electron chi connectivity index (χ1n) is 7.24. The topological polar surface area (TPSA) is 102 Å². The van der Waals surface area contributed by atoms with Crippen LogP contribution < -0.4 is 9.46 Å². The van der Waals surface area contributed by atoms with Crippen LogP contribution in [-0.2, 0) is 19.6 Å². The first kappa shape index (κ1) is 20.8. The third-order valence-electron chi connectivity index (χ3n) is 3.20. The fourth-order valence-corrected chi connectivity index (χ4v) is 4.44. The average molecular weight is 377 g/mol.